The Kier molecular flexibility index (Phi) is 8.01. The summed E-state index contributed by atoms with van der Waals surface area (Å²) in [7, 11) is 0. The highest BCUT2D eigenvalue weighted by molar-refractivity contribution is 6.22. The third-order valence-electron chi connectivity index (χ3n) is 17.7. The van der Waals surface area contributed by atoms with Crippen LogP contribution < -0.4 is 4.90 Å². The minimum absolute atomic E-state index is 0.233. The number of hydrogen-bond donors (Lipinski definition) is 0. The minimum atomic E-state index is -0.372. The van der Waals surface area contributed by atoms with Crippen LogP contribution in [0.25, 0.3) is 110 Å². The highest BCUT2D eigenvalue weighted by Crippen LogP contribution is 2.64. The third kappa shape index (κ3) is 5.22. The number of anilines is 3. The molecule has 3 aliphatic carbocycles. The zero-order valence-electron chi connectivity index (χ0n) is 42.5. The van der Waals surface area contributed by atoms with Gasteiger partial charge in [0.1, 0.15) is 33.5 Å². The fourth-order valence-electron chi connectivity index (χ4n) is 14.3. The lowest BCUT2D eigenvalue weighted by atomic mass is 9.72. The summed E-state index contributed by atoms with van der Waals surface area (Å²) in [6, 6.07) is 66.7. The van der Waals surface area contributed by atoms with E-state index >= 15 is 0 Å². The van der Waals surface area contributed by atoms with Crippen molar-refractivity contribution in [3.8, 4) is 44.5 Å². The van der Waals surface area contributed by atoms with Crippen molar-refractivity contribution in [1.82, 2.24) is 0 Å². The highest BCUT2D eigenvalue weighted by Gasteiger charge is 2.49. The molecule has 0 saturated carbocycles. The van der Waals surface area contributed by atoms with Gasteiger partial charge >= 0.3 is 0 Å². The van der Waals surface area contributed by atoms with Gasteiger partial charge in [0.2, 0.25) is 0 Å². The first-order valence-corrected chi connectivity index (χ1v) is 26.1. The van der Waals surface area contributed by atoms with Gasteiger partial charge in [-0.05, 0) is 146 Å². The lowest BCUT2D eigenvalue weighted by Crippen LogP contribution is -2.24. The van der Waals surface area contributed by atoms with Gasteiger partial charge < -0.3 is 18.2 Å². The van der Waals surface area contributed by atoms with Crippen LogP contribution in [0.5, 0.6) is 0 Å². The maximum absolute atomic E-state index is 7.09. The molecule has 0 atom stereocenters. The number of para-hydroxylation sites is 3. The normalized spacial score (nSPS) is 15.3. The zero-order chi connectivity index (χ0) is 49.7. The lowest BCUT2D eigenvalue weighted by molar-refractivity contribution is 0.600. The van der Waals surface area contributed by atoms with Crippen molar-refractivity contribution >= 4 is 82.9 Å². The zero-order valence-corrected chi connectivity index (χ0v) is 42.5. The Hall–Kier alpha value is -8.60. The van der Waals surface area contributed by atoms with Gasteiger partial charge in [0.05, 0.1) is 0 Å². The fourth-order valence-corrected chi connectivity index (χ4v) is 14.3. The molecule has 0 fully saturated rings. The van der Waals surface area contributed by atoms with Crippen LogP contribution in [0.1, 0.15) is 80.5 Å². The molecule has 4 heteroatoms. The Morgan fingerprint density at radius 3 is 1.51 bits per heavy atom. The van der Waals surface area contributed by atoms with Crippen LogP contribution in [0.3, 0.4) is 0 Å². The Morgan fingerprint density at radius 1 is 0.324 bits per heavy atom. The predicted octanol–water partition coefficient (Wildman–Crippen LogP) is 19.7. The van der Waals surface area contributed by atoms with Gasteiger partial charge in [-0.25, -0.2) is 0 Å². The molecule has 0 radical (unpaired) electrons. The molecule has 354 valence electrons. The number of nitrogens with zero attached hydrogens (tertiary/aromatic N) is 1. The maximum atomic E-state index is 7.09. The van der Waals surface area contributed by atoms with Crippen molar-refractivity contribution in [3.63, 3.8) is 0 Å². The number of rotatable bonds is 4. The molecule has 74 heavy (non-hydrogen) atoms. The third-order valence-corrected chi connectivity index (χ3v) is 17.7. The van der Waals surface area contributed by atoms with E-state index in [1.165, 1.54) is 94.0 Å². The molecule has 0 spiro atoms. The monoisotopic (exact) mass is 953 g/mol. The summed E-state index contributed by atoms with van der Waals surface area (Å²) in [6.07, 6.45) is 0. The van der Waals surface area contributed by atoms with Crippen LogP contribution in [0.2, 0.25) is 0 Å². The van der Waals surface area contributed by atoms with Crippen LogP contribution in [0.15, 0.2) is 195 Å². The highest BCUT2D eigenvalue weighted by atomic mass is 16.3. The Labute approximate surface area is 429 Å². The first-order chi connectivity index (χ1) is 35.9. The summed E-state index contributed by atoms with van der Waals surface area (Å²) < 4.78 is 20.4. The molecule has 0 bridgehead atoms. The number of hydrogen-bond acceptors (Lipinski definition) is 4. The van der Waals surface area contributed by atoms with Crippen molar-refractivity contribution in [3.05, 3.63) is 221 Å². The van der Waals surface area contributed by atoms with E-state index in [4.69, 9.17) is 13.3 Å². The SMILES string of the molecule is Cc1ccccc1-c1cc2c(c3c1oc1ccccc13)-c1ccc(N(c3ccc4c(c3)C(C)(C)c3c5c(c6c(oc7ccccc76)c3-4)-c3ccccc3C5(C)C)c3ccc4oc5ccccc5c4c3)cc1C2(C)C. The summed E-state index contributed by atoms with van der Waals surface area (Å²) in [5, 5.41) is 6.91. The van der Waals surface area contributed by atoms with Gasteiger partial charge in [0.25, 0.3) is 0 Å². The summed E-state index contributed by atoms with van der Waals surface area (Å²) in [5.41, 5.74) is 27.0. The molecule has 0 amide bonds. The van der Waals surface area contributed by atoms with Crippen molar-refractivity contribution in [2.24, 2.45) is 0 Å². The molecule has 3 aromatic heterocycles. The van der Waals surface area contributed by atoms with E-state index < -0.39 is 0 Å². The average molecular weight is 954 g/mol. The largest absolute Gasteiger partial charge is 0.456 e. The summed E-state index contributed by atoms with van der Waals surface area (Å²) in [6.45, 7) is 16.7. The van der Waals surface area contributed by atoms with Gasteiger partial charge in [-0.15, -0.1) is 0 Å². The van der Waals surface area contributed by atoms with E-state index in [9.17, 15) is 0 Å². The second-order valence-corrected chi connectivity index (χ2v) is 22.8. The smallest absolute Gasteiger partial charge is 0.144 e. The molecule has 0 saturated heterocycles. The van der Waals surface area contributed by atoms with Crippen LogP contribution in [-0.2, 0) is 16.2 Å². The molecular weight excluding hydrogens is 903 g/mol. The number of aryl methyl sites for hydroxylation is 1. The van der Waals surface area contributed by atoms with E-state index in [0.717, 1.165) is 72.3 Å². The molecule has 3 heterocycles. The fraction of sp³-hybridized carbons (Fsp3) is 0.143. The van der Waals surface area contributed by atoms with E-state index in [2.05, 4.69) is 229 Å². The number of fused-ring (bicyclic) bond motifs is 22. The standard InChI is InChI=1S/C70H51NO3/c1-38-18-8-9-19-42(38)50-37-54-59(61-47-22-12-16-26-56(47)73-66(50)61)45-31-28-40(35-52(45)68(54,2)3)71(39-30-33-58-49(34-39)43-20-11-15-25-55(43)72-58)41-29-32-46-53(36-41)70(6,7)65-63(46)67-62(48-23-13-17-27-57(48)74-67)60-44-21-10-14-24-51(44)69(4,5)64(60)65/h8-37H,1-7H3. The average Bonchev–Trinajstić information content (AvgIpc) is 4.27. The first-order valence-electron chi connectivity index (χ1n) is 26.1. The van der Waals surface area contributed by atoms with E-state index in [0.29, 0.717) is 0 Å². The quantitative estimate of drug-likeness (QED) is 0.176. The van der Waals surface area contributed by atoms with Gasteiger partial charge in [0.15, 0.2) is 0 Å². The molecule has 16 rings (SSSR count). The Morgan fingerprint density at radius 2 is 0.811 bits per heavy atom. The molecule has 0 N–H and O–H groups in total. The molecule has 10 aromatic carbocycles. The van der Waals surface area contributed by atoms with Crippen molar-refractivity contribution in [2.45, 2.75) is 64.7 Å². The Bertz CT molecular complexity index is 4660. The maximum Gasteiger partial charge on any atom is 0.144 e. The summed E-state index contributed by atoms with van der Waals surface area (Å²) >= 11 is 0. The number of furan rings is 3. The molecular formula is C70H51NO3. The molecule has 0 unspecified atom stereocenters. The van der Waals surface area contributed by atoms with Gasteiger partial charge in [0, 0.05) is 76.8 Å². The van der Waals surface area contributed by atoms with Gasteiger partial charge in [-0.1, -0.05) is 157 Å². The predicted molar refractivity (Wildman–Crippen MR) is 306 cm³/mol. The lowest BCUT2D eigenvalue weighted by Gasteiger charge is -2.32. The Balaban J connectivity index is 0.937. The van der Waals surface area contributed by atoms with E-state index in [-0.39, 0.29) is 16.2 Å². The second kappa shape index (κ2) is 14.1. The van der Waals surface area contributed by atoms with Crippen LogP contribution >= 0.6 is 0 Å². The summed E-state index contributed by atoms with van der Waals surface area (Å²) in [4.78, 5) is 2.47. The van der Waals surface area contributed by atoms with Gasteiger partial charge in [-0.2, -0.15) is 0 Å². The number of benzene rings is 10. The van der Waals surface area contributed by atoms with Crippen LogP contribution in [0.4, 0.5) is 17.1 Å². The first kappa shape index (κ1) is 42.0. The molecule has 4 nitrogen and oxygen atoms in total. The van der Waals surface area contributed by atoms with Crippen LogP contribution in [0, 0.1) is 6.92 Å². The summed E-state index contributed by atoms with van der Waals surface area (Å²) in [5.74, 6) is 0. The van der Waals surface area contributed by atoms with Crippen molar-refractivity contribution < 1.29 is 13.3 Å². The molecule has 13 aromatic rings. The topological polar surface area (TPSA) is 42.7 Å². The van der Waals surface area contributed by atoms with Crippen molar-refractivity contribution in [1.29, 1.82) is 0 Å². The molecule has 3 aliphatic rings. The van der Waals surface area contributed by atoms with Crippen molar-refractivity contribution in [2.75, 3.05) is 4.90 Å². The van der Waals surface area contributed by atoms with Crippen LogP contribution in [-0.4, -0.2) is 0 Å². The van der Waals surface area contributed by atoms with E-state index in [1.807, 2.05) is 6.07 Å². The second-order valence-electron chi connectivity index (χ2n) is 22.8. The van der Waals surface area contributed by atoms with Gasteiger partial charge in [-0.3, -0.25) is 0 Å². The van der Waals surface area contributed by atoms with E-state index in [1.54, 1.807) is 0 Å². The molecule has 0 aliphatic heterocycles. The minimum Gasteiger partial charge on any atom is -0.456 e.